The van der Waals surface area contributed by atoms with E-state index in [1.807, 2.05) is 18.5 Å². The molecule has 1 atom stereocenters. The van der Waals surface area contributed by atoms with Crippen molar-refractivity contribution in [1.29, 1.82) is 0 Å². The van der Waals surface area contributed by atoms with Gasteiger partial charge >= 0.3 is 0 Å². The quantitative estimate of drug-likeness (QED) is 0.793. The first-order valence-electron chi connectivity index (χ1n) is 10.8. The standard InChI is InChI=1S/C24H31N3O/c1-28-23-7-3-2-6-22(23)19-9-13-26(14-10-19)20-8-11-24(15-20)17-27(18-24)21-5-4-12-25-16-21/h2-7,12,16,19-20H,8-11,13-15,17-18H2,1H3/t20-/m1/s1. The molecule has 5 rings (SSSR count). The van der Waals surface area contributed by atoms with Gasteiger partial charge in [-0.05, 0) is 74.9 Å². The number of anilines is 1. The second-order valence-electron chi connectivity index (χ2n) is 9.02. The number of benzene rings is 1. The minimum absolute atomic E-state index is 0.556. The zero-order valence-corrected chi connectivity index (χ0v) is 16.9. The van der Waals surface area contributed by atoms with Crippen molar-refractivity contribution in [1.82, 2.24) is 9.88 Å². The maximum atomic E-state index is 5.60. The molecular weight excluding hydrogens is 346 g/mol. The average Bonchev–Trinajstić information content (AvgIpc) is 3.19. The van der Waals surface area contributed by atoms with Gasteiger partial charge in [-0.15, -0.1) is 0 Å². The van der Waals surface area contributed by atoms with Gasteiger partial charge in [-0.1, -0.05) is 18.2 Å². The molecule has 1 spiro atoms. The topological polar surface area (TPSA) is 28.6 Å². The molecular formula is C24H31N3O. The third-order valence-electron chi connectivity index (χ3n) is 7.36. The Bertz CT molecular complexity index is 795. The van der Waals surface area contributed by atoms with Crippen molar-refractivity contribution in [2.75, 3.05) is 38.2 Å². The molecule has 0 radical (unpaired) electrons. The number of hydrogen-bond donors (Lipinski definition) is 0. The van der Waals surface area contributed by atoms with Crippen LogP contribution in [0.25, 0.3) is 0 Å². The fourth-order valence-corrected chi connectivity index (χ4v) is 5.84. The van der Waals surface area contributed by atoms with E-state index in [4.69, 9.17) is 4.74 Å². The van der Waals surface area contributed by atoms with Crippen molar-refractivity contribution in [2.45, 2.75) is 44.1 Å². The van der Waals surface area contributed by atoms with Gasteiger partial charge in [0, 0.05) is 30.7 Å². The van der Waals surface area contributed by atoms with E-state index in [0.29, 0.717) is 11.3 Å². The largest absolute Gasteiger partial charge is 0.496 e. The molecule has 3 aliphatic rings. The zero-order valence-electron chi connectivity index (χ0n) is 16.9. The van der Waals surface area contributed by atoms with Gasteiger partial charge < -0.3 is 14.5 Å². The van der Waals surface area contributed by atoms with Gasteiger partial charge in [0.2, 0.25) is 0 Å². The van der Waals surface area contributed by atoms with Crippen molar-refractivity contribution < 1.29 is 4.74 Å². The van der Waals surface area contributed by atoms with E-state index >= 15 is 0 Å². The van der Waals surface area contributed by atoms with E-state index in [2.05, 4.69) is 45.1 Å². The number of methoxy groups -OCH3 is 1. The molecule has 1 aliphatic carbocycles. The van der Waals surface area contributed by atoms with E-state index < -0.39 is 0 Å². The summed E-state index contributed by atoms with van der Waals surface area (Å²) < 4.78 is 5.60. The van der Waals surface area contributed by atoms with E-state index in [9.17, 15) is 0 Å². The smallest absolute Gasteiger partial charge is 0.122 e. The highest BCUT2D eigenvalue weighted by molar-refractivity contribution is 5.48. The van der Waals surface area contributed by atoms with Crippen LogP contribution in [0.15, 0.2) is 48.8 Å². The summed E-state index contributed by atoms with van der Waals surface area (Å²) in [6.07, 6.45) is 10.5. The molecule has 28 heavy (non-hydrogen) atoms. The molecule has 2 aliphatic heterocycles. The van der Waals surface area contributed by atoms with E-state index in [1.54, 1.807) is 7.11 Å². The Morgan fingerprint density at radius 3 is 2.61 bits per heavy atom. The predicted octanol–water partition coefficient (Wildman–Crippen LogP) is 4.33. The van der Waals surface area contributed by atoms with Gasteiger partial charge in [-0.3, -0.25) is 4.98 Å². The summed E-state index contributed by atoms with van der Waals surface area (Å²) in [6.45, 7) is 4.89. The first kappa shape index (κ1) is 18.0. The fraction of sp³-hybridized carbons (Fsp3) is 0.542. The fourth-order valence-electron chi connectivity index (χ4n) is 5.84. The van der Waals surface area contributed by atoms with Crippen LogP contribution in [0.3, 0.4) is 0 Å². The van der Waals surface area contributed by atoms with E-state index in [0.717, 1.165) is 11.8 Å². The Morgan fingerprint density at radius 1 is 1.04 bits per heavy atom. The normalized spacial score (nSPS) is 25.0. The maximum absolute atomic E-state index is 5.60. The van der Waals surface area contributed by atoms with Crippen LogP contribution >= 0.6 is 0 Å². The summed E-state index contributed by atoms with van der Waals surface area (Å²) in [4.78, 5) is 9.56. The highest BCUT2D eigenvalue weighted by Crippen LogP contribution is 2.49. The van der Waals surface area contributed by atoms with Crippen molar-refractivity contribution >= 4 is 5.69 Å². The van der Waals surface area contributed by atoms with Gasteiger partial charge in [0.25, 0.3) is 0 Å². The first-order valence-corrected chi connectivity index (χ1v) is 10.8. The Labute approximate surface area is 168 Å². The van der Waals surface area contributed by atoms with Crippen molar-refractivity contribution in [3.05, 3.63) is 54.4 Å². The lowest BCUT2D eigenvalue weighted by Crippen LogP contribution is -2.56. The lowest BCUT2D eigenvalue weighted by Gasteiger charge is -2.50. The van der Waals surface area contributed by atoms with Gasteiger partial charge in [-0.25, -0.2) is 0 Å². The number of likely N-dealkylation sites (tertiary alicyclic amines) is 1. The van der Waals surface area contributed by atoms with Crippen LogP contribution in [0.2, 0.25) is 0 Å². The summed E-state index contributed by atoms with van der Waals surface area (Å²) >= 11 is 0. The number of piperidine rings is 1. The van der Waals surface area contributed by atoms with Crippen LogP contribution < -0.4 is 9.64 Å². The second kappa shape index (κ2) is 7.40. The molecule has 3 heterocycles. The Morgan fingerprint density at radius 2 is 1.86 bits per heavy atom. The Balaban J connectivity index is 1.15. The third kappa shape index (κ3) is 3.28. The number of pyridine rings is 1. The average molecular weight is 378 g/mol. The van der Waals surface area contributed by atoms with Crippen molar-refractivity contribution in [2.24, 2.45) is 5.41 Å². The molecule has 1 saturated carbocycles. The lowest BCUT2D eigenvalue weighted by atomic mass is 9.77. The Kier molecular flexibility index (Phi) is 4.75. The number of para-hydroxylation sites is 1. The second-order valence-corrected chi connectivity index (χ2v) is 9.02. The number of nitrogens with zero attached hydrogens (tertiary/aromatic N) is 3. The molecule has 3 fully saturated rings. The first-order chi connectivity index (χ1) is 13.8. The van der Waals surface area contributed by atoms with Crippen LogP contribution in [0, 0.1) is 5.41 Å². The highest BCUT2D eigenvalue weighted by atomic mass is 16.5. The molecule has 1 aromatic heterocycles. The summed E-state index contributed by atoms with van der Waals surface area (Å²) in [5, 5.41) is 0. The van der Waals surface area contributed by atoms with E-state index in [1.165, 1.54) is 69.5 Å². The number of aromatic nitrogens is 1. The minimum atomic E-state index is 0.556. The molecule has 1 aromatic carbocycles. The SMILES string of the molecule is COc1ccccc1C1CCN([C@@H]2CCC3(C2)CN(c2cccnc2)C3)CC1. The highest BCUT2D eigenvalue weighted by Gasteiger charge is 2.49. The number of rotatable bonds is 4. The summed E-state index contributed by atoms with van der Waals surface area (Å²) in [6, 6.07) is 13.6. The van der Waals surface area contributed by atoms with Gasteiger partial charge in [0.15, 0.2) is 0 Å². The summed E-state index contributed by atoms with van der Waals surface area (Å²) in [5.74, 6) is 1.71. The molecule has 0 bridgehead atoms. The predicted molar refractivity (Wildman–Crippen MR) is 113 cm³/mol. The van der Waals surface area contributed by atoms with Crippen LogP contribution in [-0.4, -0.2) is 49.2 Å². The van der Waals surface area contributed by atoms with Crippen molar-refractivity contribution in [3.63, 3.8) is 0 Å². The molecule has 4 nitrogen and oxygen atoms in total. The maximum Gasteiger partial charge on any atom is 0.122 e. The van der Waals surface area contributed by atoms with Gasteiger partial charge in [0.05, 0.1) is 19.0 Å². The van der Waals surface area contributed by atoms with Crippen LogP contribution in [0.4, 0.5) is 5.69 Å². The molecule has 0 unspecified atom stereocenters. The number of hydrogen-bond acceptors (Lipinski definition) is 4. The lowest BCUT2D eigenvalue weighted by molar-refractivity contribution is 0.131. The van der Waals surface area contributed by atoms with E-state index in [-0.39, 0.29) is 0 Å². The molecule has 0 N–H and O–H groups in total. The molecule has 2 saturated heterocycles. The molecule has 0 amide bonds. The third-order valence-corrected chi connectivity index (χ3v) is 7.36. The molecule has 148 valence electrons. The summed E-state index contributed by atoms with van der Waals surface area (Å²) in [5.41, 5.74) is 3.24. The minimum Gasteiger partial charge on any atom is -0.496 e. The van der Waals surface area contributed by atoms with Gasteiger partial charge in [-0.2, -0.15) is 0 Å². The molecule has 2 aromatic rings. The van der Waals surface area contributed by atoms with Crippen LogP contribution in [-0.2, 0) is 0 Å². The molecule has 4 heteroatoms. The zero-order chi connectivity index (χ0) is 19.0. The monoisotopic (exact) mass is 377 g/mol. The number of ether oxygens (including phenoxy) is 1. The van der Waals surface area contributed by atoms with Crippen LogP contribution in [0.5, 0.6) is 5.75 Å². The van der Waals surface area contributed by atoms with Gasteiger partial charge in [0.1, 0.15) is 5.75 Å². The summed E-state index contributed by atoms with van der Waals surface area (Å²) in [7, 11) is 1.79. The van der Waals surface area contributed by atoms with Crippen LogP contribution in [0.1, 0.15) is 43.6 Å². The Hall–Kier alpha value is -2.07. The van der Waals surface area contributed by atoms with Crippen molar-refractivity contribution in [3.8, 4) is 5.75 Å².